The molecule has 0 aromatic carbocycles. The van der Waals surface area contributed by atoms with Gasteiger partial charge in [-0.25, -0.2) is 0 Å². The van der Waals surface area contributed by atoms with Gasteiger partial charge in [0.05, 0.1) is 7.17 Å². The fourth-order valence-electron chi connectivity index (χ4n) is 0.470. The van der Waals surface area contributed by atoms with Crippen molar-refractivity contribution >= 4 is 43.2 Å². The third-order valence-electron chi connectivity index (χ3n) is 0.925. The monoisotopic (exact) mass is 109 g/mol. The van der Waals surface area contributed by atoms with Crippen LogP contribution in [0.5, 0.6) is 0 Å². The van der Waals surface area contributed by atoms with Gasteiger partial charge in [0.1, 0.15) is 0 Å². The second-order valence-electron chi connectivity index (χ2n) is 1.79. The molecular weight excluding hydrogens is 101 g/mol. The number of hydrogen-bond donors (Lipinski definition) is 0. The summed E-state index contributed by atoms with van der Waals surface area (Å²) in [5.41, 5.74) is 0. The summed E-state index contributed by atoms with van der Waals surface area (Å²) in [6.07, 6.45) is 2.35. The average molecular weight is 108 g/mol. The van der Waals surface area contributed by atoms with E-state index in [2.05, 4.69) is 14.1 Å². The van der Waals surface area contributed by atoms with Crippen molar-refractivity contribution in [3.8, 4) is 0 Å². The Labute approximate surface area is 63.5 Å². The highest BCUT2D eigenvalue weighted by atomic mass is 13.6. The summed E-state index contributed by atoms with van der Waals surface area (Å²) in [5.74, 6) is 0. The van der Waals surface area contributed by atoms with Crippen molar-refractivity contribution in [3.63, 3.8) is 0 Å². The molecule has 7 radical (unpaired) electrons. The minimum absolute atomic E-state index is 1.15. The molecule has 0 aliphatic carbocycles. The summed E-state index contributed by atoms with van der Waals surface area (Å²) in [6, 6.07) is 0. The molecule has 0 aromatic rings. The molecule has 0 atom stereocenters. The first-order valence-corrected chi connectivity index (χ1v) is 3.28. The van der Waals surface area contributed by atoms with Crippen molar-refractivity contribution in [3.05, 3.63) is 0 Å². The van der Waals surface area contributed by atoms with Crippen LogP contribution in [0.15, 0.2) is 0 Å². The van der Waals surface area contributed by atoms with Crippen molar-refractivity contribution in [2.75, 3.05) is 0 Å². The topological polar surface area (TPSA) is 0 Å². The van der Waals surface area contributed by atoms with Gasteiger partial charge in [-0.1, -0.05) is 19.7 Å². The van der Waals surface area contributed by atoms with Crippen LogP contribution in [-0.2, 0) is 0 Å². The maximum atomic E-state index is 5.10. The summed E-state index contributed by atoms with van der Waals surface area (Å²) < 4.78 is 0. The summed E-state index contributed by atoms with van der Waals surface area (Å²) in [5, 5.41) is 0. The van der Waals surface area contributed by atoms with E-state index in [1.807, 2.05) is 21.2 Å². The first-order valence-electron chi connectivity index (χ1n) is 3.28. The third kappa shape index (κ3) is 8.39. The fraction of sp³-hybridized carbons (Fsp3) is 1.00. The fourth-order valence-corrected chi connectivity index (χ4v) is 0.470. The molecule has 0 bridgehead atoms. The second kappa shape index (κ2) is 8.39. The van der Waals surface area contributed by atoms with E-state index < -0.39 is 0 Å². The molecule has 0 unspecified atom stereocenters. The summed E-state index contributed by atoms with van der Waals surface area (Å²) in [7, 11) is 14.5. The van der Waals surface area contributed by atoms with Crippen molar-refractivity contribution in [1.82, 2.24) is 0 Å². The Hall–Kier alpha value is 0.390. The van der Waals surface area contributed by atoms with Crippen molar-refractivity contribution in [1.29, 1.82) is 0 Å². The number of hydrogen-bond acceptors (Lipinski definition) is 0. The summed E-state index contributed by atoms with van der Waals surface area (Å²) in [6.45, 7) is 2.16. The largest absolute Gasteiger partial charge is 0.0898 e. The van der Waals surface area contributed by atoms with Crippen LogP contribution in [0.4, 0.5) is 0 Å². The Balaban J connectivity index is 2.60. The molecule has 0 saturated carbocycles. The molecule has 0 aliphatic rings. The second-order valence-corrected chi connectivity index (χ2v) is 1.79. The van der Waals surface area contributed by atoms with Crippen LogP contribution in [0.25, 0.3) is 0 Å². The van der Waals surface area contributed by atoms with Crippen molar-refractivity contribution in [2.24, 2.45) is 0 Å². The lowest BCUT2D eigenvalue weighted by atomic mass is 8.98. The first-order chi connectivity index (χ1) is 4.41. The van der Waals surface area contributed by atoms with E-state index in [1.165, 1.54) is 13.5 Å². The summed E-state index contributed by atoms with van der Waals surface area (Å²) >= 11 is 0. The zero-order valence-corrected chi connectivity index (χ0v) is 5.88. The summed E-state index contributed by atoms with van der Waals surface area (Å²) in [4.78, 5) is 0. The van der Waals surface area contributed by atoms with Gasteiger partial charge in [-0.15, -0.1) is 0 Å². The Morgan fingerprint density at radius 3 is 2.56 bits per heavy atom. The van der Waals surface area contributed by atoms with E-state index >= 15 is 0 Å². The van der Waals surface area contributed by atoms with Crippen LogP contribution in [0.1, 0.15) is 13.3 Å². The lowest BCUT2D eigenvalue weighted by Crippen LogP contribution is -2.22. The molecule has 0 nitrogen and oxygen atoms in total. The molecule has 0 N–H and O–H groups in total. The molecule has 37 valence electrons. The molecule has 6 heteroatoms. The van der Waals surface area contributed by atoms with Crippen LogP contribution in [-0.4, -0.2) is 43.2 Å². The quantitative estimate of drug-likeness (QED) is 0.305. The van der Waals surface area contributed by atoms with Gasteiger partial charge in [-0.3, -0.25) is 0 Å². The van der Waals surface area contributed by atoms with E-state index in [1.54, 1.807) is 0 Å². The molecule has 0 aliphatic heterocycles. The molecule has 0 saturated heterocycles. The molecule has 0 amide bonds. The van der Waals surface area contributed by atoms with Gasteiger partial charge in [0, 0.05) is 36.0 Å². The smallest absolute Gasteiger partial charge is 0.0544 e. The van der Waals surface area contributed by atoms with E-state index in [9.17, 15) is 0 Å². The zero-order chi connectivity index (χ0) is 6.95. The highest BCUT2D eigenvalue weighted by Gasteiger charge is 1.90. The standard InChI is InChI=1S/C3H7B6/c1-2-3-5-7-9-8-6-4/h2-3H2,1H3. The Bertz CT molecular complexity index is 41.6. The van der Waals surface area contributed by atoms with Gasteiger partial charge in [0.2, 0.25) is 0 Å². The minimum atomic E-state index is 1.15. The van der Waals surface area contributed by atoms with Gasteiger partial charge in [-0.05, 0) is 0 Å². The molecule has 0 aromatic heterocycles. The number of rotatable bonds is 6. The van der Waals surface area contributed by atoms with Gasteiger partial charge in [-0.2, -0.15) is 0 Å². The van der Waals surface area contributed by atoms with Gasteiger partial charge in [0.15, 0.2) is 0 Å². The van der Waals surface area contributed by atoms with E-state index in [-0.39, 0.29) is 0 Å². The maximum absolute atomic E-state index is 5.10. The van der Waals surface area contributed by atoms with E-state index in [0.717, 1.165) is 6.32 Å². The lowest BCUT2D eigenvalue weighted by molar-refractivity contribution is 1.08. The van der Waals surface area contributed by atoms with Crippen molar-refractivity contribution < 1.29 is 0 Å². The minimum Gasteiger partial charge on any atom is -0.0898 e. The van der Waals surface area contributed by atoms with Crippen LogP contribution in [0.3, 0.4) is 0 Å². The first kappa shape index (κ1) is 9.39. The Kier molecular flexibility index (Phi) is 8.75. The van der Waals surface area contributed by atoms with Crippen LogP contribution in [0.2, 0.25) is 6.32 Å². The molecule has 9 heavy (non-hydrogen) atoms. The predicted molar refractivity (Wildman–Crippen MR) is 49.6 cm³/mol. The lowest BCUT2D eigenvalue weighted by Gasteiger charge is -1.91. The zero-order valence-electron chi connectivity index (χ0n) is 5.88. The SMILES string of the molecule is [B][B][B][B][B][B]CCC. The van der Waals surface area contributed by atoms with Crippen molar-refractivity contribution in [2.45, 2.75) is 19.7 Å². The normalized spacial score (nSPS) is 7.67. The van der Waals surface area contributed by atoms with Crippen LogP contribution < -0.4 is 0 Å². The maximum Gasteiger partial charge on any atom is 0.0544 e. The molecule has 0 heterocycles. The average Bonchev–Trinajstić information content (AvgIpc) is 1.89. The Morgan fingerprint density at radius 2 is 2.00 bits per heavy atom. The highest BCUT2D eigenvalue weighted by molar-refractivity contribution is 7.57. The van der Waals surface area contributed by atoms with Crippen LogP contribution in [0, 0.1) is 0 Å². The van der Waals surface area contributed by atoms with E-state index in [4.69, 9.17) is 7.74 Å². The molecule has 0 rings (SSSR count). The third-order valence-corrected chi connectivity index (χ3v) is 0.925. The van der Waals surface area contributed by atoms with Gasteiger partial charge in [0.25, 0.3) is 0 Å². The predicted octanol–water partition coefficient (Wildman–Crippen LogP) is -0.921. The van der Waals surface area contributed by atoms with E-state index in [0.29, 0.717) is 0 Å². The highest BCUT2D eigenvalue weighted by Crippen LogP contribution is 1.81. The van der Waals surface area contributed by atoms with Crippen LogP contribution >= 0.6 is 0 Å². The molecular formula is C3H7B6. The Morgan fingerprint density at radius 1 is 1.22 bits per heavy atom. The van der Waals surface area contributed by atoms with Gasteiger partial charge < -0.3 is 0 Å². The molecule has 0 fully saturated rings. The molecule has 0 spiro atoms. The van der Waals surface area contributed by atoms with Gasteiger partial charge >= 0.3 is 0 Å².